The van der Waals surface area contributed by atoms with Crippen molar-refractivity contribution >= 4 is 30.8 Å². The van der Waals surface area contributed by atoms with E-state index >= 15 is 0 Å². The maximum atomic E-state index is 11.0. The van der Waals surface area contributed by atoms with Crippen molar-refractivity contribution in [3.05, 3.63) is 34.3 Å². The molecular formula is C16H27ClO4SSi. The number of benzene rings is 1. The van der Waals surface area contributed by atoms with E-state index in [-0.39, 0.29) is 18.1 Å². The second-order valence-corrected chi connectivity index (χ2v) is 11.5. The molecule has 0 fully saturated rings. The van der Waals surface area contributed by atoms with Crippen LogP contribution in [0.2, 0.25) is 18.1 Å². The molecule has 7 heteroatoms. The molecule has 0 spiro atoms. The van der Waals surface area contributed by atoms with Gasteiger partial charge in [0, 0.05) is 5.02 Å². The highest BCUT2D eigenvalue weighted by molar-refractivity contribution is 7.85. The van der Waals surface area contributed by atoms with Crippen LogP contribution in [0, 0.1) is 5.41 Å². The van der Waals surface area contributed by atoms with Crippen LogP contribution < -0.4 is 0 Å². The Morgan fingerprint density at radius 1 is 1.26 bits per heavy atom. The van der Waals surface area contributed by atoms with Gasteiger partial charge >= 0.3 is 0 Å². The fourth-order valence-electron chi connectivity index (χ4n) is 2.28. The zero-order chi connectivity index (χ0) is 17.8. The highest BCUT2D eigenvalue weighted by atomic mass is 35.5. The van der Waals surface area contributed by atoms with Crippen molar-refractivity contribution in [1.29, 1.82) is 0 Å². The first kappa shape index (κ1) is 20.6. The van der Waals surface area contributed by atoms with Crippen LogP contribution in [0.15, 0.2) is 18.2 Å². The van der Waals surface area contributed by atoms with Gasteiger partial charge in [-0.25, -0.2) is 0 Å². The minimum Gasteiger partial charge on any atom is -0.413 e. The molecule has 1 rings (SSSR count). The van der Waals surface area contributed by atoms with Gasteiger partial charge in [0.25, 0.3) is 10.1 Å². The summed E-state index contributed by atoms with van der Waals surface area (Å²) in [5.74, 6) is 0. The Bertz CT molecular complexity index is 623. The molecule has 0 saturated heterocycles. The fourth-order valence-corrected chi connectivity index (χ4v) is 3.98. The molecule has 0 aliphatic heterocycles. The second kappa shape index (κ2) is 8.12. The maximum absolute atomic E-state index is 11.0. The average molecular weight is 379 g/mol. The third kappa shape index (κ3) is 7.35. The molecule has 0 aliphatic carbocycles. The molecule has 1 aromatic rings. The largest absolute Gasteiger partial charge is 0.413 e. The van der Waals surface area contributed by atoms with Gasteiger partial charge in [-0.3, -0.25) is 4.18 Å². The molecule has 1 unspecified atom stereocenters. The zero-order valence-corrected chi connectivity index (χ0v) is 17.4. The summed E-state index contributed by atoms with van der Waals surface area (Å²) in [6, 6.07) is 5.74. The molecular weight excluding hydrogens is 352 g/mol. The van der Waals surface area contributed by atoms with Crippen LogP contribution in [-0.4, -0.2) is 30.3 Å². The average Bonchev–Trinajstić information content (AvgIpc) is 2.35. The standard InChI is InChI=1S/C16H27ClO4SSi/c1-16(2,3)15(21-23(5)6)13-11-12(7-8-14(13)17)9-10-20-22(4,18)19/h7-8,11,15,23H,9-10H2,1-6H3. The van der Waals surface area contributed by atoms with Crippen molar-refractivity contribution in [2.45, 2.75) is 46.4 Å². The van der Waals surface area contributed by atoms with Crippen molar-refractivity contribution < 1.29 is 17.0 Å². The lowest BCUT2D eigenvalue weighted by Gasteiger charge is -2.33. The molecule has 0 bridgehead atoms. The molecule has 23 heavy (non-hydrogen) atoms. The number of hydrogen-bond acceptors (Lipinski definition) is 4. The third-order valence-electron chi connectivity index (χ3n) is 3.23. The monoisotopic (exact) mass is 378 g/mol. The Kier molecular flexibility index (Phi) is 7.28. The van der Waals surface area contributed by atoms with Crippen LogP contribution in [0.25, 0.3) is 0 Å². The predicted molar refractivity (Wildman–Crippen MR) is 98.1 cm³/mol. The third-order valence-corrected chi connectivity index (χ3v) is 4.98. The van der Waals surface area contributed by atoms with E-state index in [4.69, 9.17) is 20.2 Å². The van der Waals surface area contributed by atoms with Crippen molar-refractivity contribution in [2.75, 3.05) is 12.9 Å². The van der Waals surface area contributed by atoms with Gasteiger partial charge in [-0.15, -0.1) is 0 Å². The van der Waals surface area contributed by atoms with E-state index in [1.807, 2.05) is 18.2 Å². The molecule has 0 aromatic heterocycles. The van der Waals surface area contributed by atoms with Crippen LogP contribution in [0.3, 0.4) is 0 Å². The summed E-state index contributed by atoms with van der Waals surface area (Å²) in [6.07, 6.45) is 1.47. The van der Waals surface area contributed by atoms with Gasteiger partial charge in [0.05, 0.1) is 19.0 Å². The van der Waals surface area contributed by atoms with E-state index in [9.17, 15) is 8.42 Å². The van der Waals surface area contributed by atoms with Crippen LogP contribution in [0.4, 0.5) is 0 Å². The summed E-state index contributed by atoms with van der Waals surface area (Å²) in [7, 11) is -4.66. The molecule has 0 heterocycles. The lowest BCUT2D eigenvalue weighted by atomic mass is 9.84. The van der Waals surface area contributed by atoms with E-state index in [1.54, 1.807) is 0 Å². The Morgan fingerprint density at radius 2 is 1.87 bits per heavy atom. The molecule has 0 aliphatic rings. The Balaban J connectivity index is 3.02. The maximum Gasteiger partial charge on any atom is 0.264 e. The van der Waals surface area contributed by atoms with Crippen molar-refractivity contribution in [2.24, 2.45) is 5.41 Å². The minimum absolute atomic E-state index is 0.0806. The smallest absolute Gasteiger partial charge is 0.264 e. The SMILES string of the molecule is C[SiH](C)OC(c1cc(CCOS(C)(=O)=O)ccc1Cl)C(C)(C)C. The first-order valence-electron chi connectivity index (χ1n) is 7.68. The van der Waals surface area contributed by atoms with E-state index in [2.05, 4.69) is 33.9 Å². The van der Waals surface area contributed by atoms with Gasteiger partial charge in [0.15, 0.2) is 9.04 Å². The highest BCUT2D eigenvalue weighted by Gasteiger charge is 2.29. The highest BCUT2D eigenvalue weighted by Crippen LogP contribution is 2.40. The Hall–Kier alpha value is -0.403. The molecule has 0 saturated carbocycles. The van der Waals surface area contributed by atoms with Gasteiger partial charge in [0.2, 0.25) is 0 Å². The lowest BCUT2D eigenvalue weighted by molar-refractivity contribution is 0.0866. The molecule has 0 radical (unpaired) electrons. The summed E-state index contributed by atoms with van der Waals surface area (Å²) < 4.78 is 33.1. The van der Waals surface area contributed by atoms with E-state index < -0.39 is 19.2 Å². The van der Waals surface area contributed by atoms with Gasteiger partial charge in [-0.05, 0) is 42.1 Å². The molecule has 1 aromatic carbocycles. The quantitative estimate of drug-likeness (QED) is 0.532. The zero-order valence-electron chi connectivity index (χ0n) is 14.7. The van der Waals surface area contributed by atoms with Crippen molar-refractivity contribution in [3.8, 4) is 0 Å². The van der Waals surface area contributed by atoms with Crippen LogP contribution in [0.1, 0.15) is 38.0 Å². The summed E-state index contributed by atoms with van der Waals surface area (Å²) >= 11 is 6.40. The van der Waals surface area contributed by atoms with Crippen LogP contribution in [0.5, 0.6) is 0 Å². The van der Waals surface area contributed by atoms with E-state index in [0.717, 1.165) is 17.4 Å². The van der Waals surface area contributed by atoms with E-state index in [1.165, 1.54) is 0 Å². The normalized spacial score (nSPS) is 14.3. The summed E-state index contributed by atoms with van der Waals surface area (Å²) in [4.78, 5) is 0. The predicted octanol–water partition coefficient (Wildman–Crippen LogP) is 3.95. The topological polar surface area (TPSA) is 52.6 Å². The molecule has 4 nitrogen and oxygen atoms in total. The molecule has 132 valence electrons. The van der Waals surface area contributed by atoms with Gasteiger partial charge < -0.3 is 4.43 Å². The summed E-state index contributed by atoms with van der Waals surface area (Å²) in [6.45, 7) is 10.8. The van der Waals surface area contributed by atoms with Gasteiger partial charge in [0.1, 0.15) is 0 Å². The first-order valence-corrected chi connectivity index (χ1v) is 12.7. The lowest BCUT2D eigenvalue weighted by Crippen LogP contribution is -2.26. The first-order chi connectivity index (χ1) is 10.4. The molecule has 0 N–H and O–H groups in total. The van der Waals surface area contributed by atoms with Crippen LogP contribution >= 0.6 is 11.6 Å². The van der Waals surface area contributed by atoms with Crippen molar-refractivity contribution in [1.82, 2.24) is 0 Å². The van der Waals surface area contributed by atoms with Gasteiger partial charge in [-0.1, -0.05) is 44.5 Å². The fraction of sp³-hybridized carbons (Fsp3) is 0.625. The van der Waals surface area contributed by atoms with Crippen LogP contribution in [-0.2, 0) is 25.1 Å². The number of hydrogen-bond donors (Lipinski definition) is 0. The summed E-state index contributed by atoms with van der Waals surface area (Å²) in [5.41, 5.74) is 1.86. The number of rotatable bonds is 7. The Labute approximate surface area is 147 Å². The summed E-state index contributed by atoms with van der Waals surface area (Å²) in [5, 5.41) is 0.673. The van der Waals surface area contributed by atoms with E-state index in [0.29, 0.717) is 11.4 Å². The van der Waals surface area contributed by atoms with Crippen molar-refractivity contribution in [3.63, 3.8) is 0 Å². The van der Waals surface area contributed by atoms with Gasteiger partial charge in [-0.2, -0.15) is 8.42 Å². The molecule has 1 atom stereocenters. The molecule has 0 amide bonds. The number of halogens is 1. The second-order valence-electron chi connectivity index (χ2n) is 7.06. The minimum atomic E-state index is -3.41. The Morgan fingerprint density at radius 3 is 2.35 bits per heavy atom.